The number of methoxy groups -OCH3 is 2. The lowest BCUT2D eigenvalue weighted by Crippen LogP contribution is -2.36. The summed E-state index contributed by atoms with van der Waals surface area (Å²) in [5.74, 6) is 1.62. The smallest absolute Gasteiger partial charge is 0.127 e. The van der Waals surface area contributed by atoms with Crippen molar-refractivity contribution in [3.05, 3.63) is 48.0 Å². The van der Waals surface area contributed by atoms with E-state index in [2.05, 4.69) is 34.5 Å². The van der Waals surface area contributed by atoms with Crippen LogP contribution in [0.5, 0.6) is 11.5 Å². The van der Waals surface area contributed by atoms with Crippen LogP contribution in [-0.2, 0) is 11.3 Å². The number of hydrogen-bond acceptors (Lipinski definition) is 5. The highest BCUT2D eigenvalue weighted by Crippen LogP contribution is 2.26. The second-order valence-corrected chi connectivity index (χ2v) is 5.68. The molecule has 0 saturated carbocycles. The topological polar surface area (TPSA) is 43.0 Å². The zero-order valence-corrected chi connectivity index (χ0v) is 14.2. The molecular weight excluding hydrogens is 304 g/mol. The van der Waals surface area contributed by atoms with Crippen molar-refractivity contribution in [1.29, 1.82) is 0 Å². The summed E-state index contributed by atoms with van der Waals surface area (Å²) >= 11 is 0. The van der Waals surface area contributed by atoms with Gasteiger partial charge in [-0.15, -0.1) is 0 Å². The molecule has 0 spiro atoms. The Morgan fingerprint density at radius 3 is 2.42 bits per heavy atom. The predicted molar refractivity (Wildman–Crippen MR) is 96.3 cm³/mol. The van der Waals surface area contributed by atoms with E-state index >= 15 is 0 Å². The number of nitrogens with one attached hydrogen (secondary N) is 1. The molecule has 128 valence electrons. The minimum atomic E-state index is 0.698. The molecule has 1 N–H and O–H groups in total. The Balaban J connectivity index is 1.62. The Morgan fingerprint density at radius 1 is 1.00 bits per heavy atom. The van der Waals surface area contributed by atoms with E-state index in [1.807, 2.05) is 18.2 Å². The van der Waals surface area contributed by atoms with Gasteiger partial charge in [0.1, 0.15) is 11.5 Å². The fourth-order valence-corrected chi connectivity index (χ4v) is 2.81. The summed E-state index contributed by atoms with van der Waals surface area (Å²) < 4.78 is 16.1. The molecule has 1 saturated heterocycles. The van der Waals surface area contributed by atoms with Crippen LogP contribution in [0.1, 0.15) is 5.56 Å². The third kappa shape index (κ3) is 3.92. The molecule has 0 aromatic heterocycles. The maximum atomic E-state index is 5.44. The molecule has 1 aliphatic heterocycles. The van der Waals surface area contributed by atoms with Crippen molar-refractivity contribution < 1.29 is 14.2 Å². The molecule has 0 aliphatic carbocycles. The van der Waals surface area contributed by atoms with Crippen LogP contribution >= 0.6 is 0 Å². The minimum Gasteiger partial charge on any atom is -0.497 e. The quantitative estimate of drug-likeness (QED) is 0.882. The summed E-state index contributed by atoms with van der Waals surface area (Å²) in [5, 5.41) is 3.44. The average molecular weight is 328 g/mol. The Morgan fingerprint density at radius 2 is 1.75 bits per heavy atom. The normalized spacial score (nSPS) is 14.3. The highest BCUT2D eigenvalue weighted by Gasteiger charge is 2.11. The second-order valence-electron chi connectivity index (χ2n) is 5.68. The standard InChI is InChI=1S/C19H24N2O3/c1-22-18-8-3-15(19(13-18)23-2)14-20-16-4-6-17(7-5-16)21-9-11-24-12-10-21/h3-8,13,20H,9-12,14H2,1-2H3. The Hall–Kier alpha value is -2.40. The summed E-state index contributed by atoms with van der Waals surface area (Å²) in [6.07, 6.45) is 0. The molecule has 1 heterocycles. The lowest BCUT2D eigenvalue weighted by atomic mass is 10.1. The maximum Gasteiger partial charge on any atom is 0.127 e. The van der Waals surface area contributed by atoms with Gasteiger partial charge in [0, 0.05) is 42.6 Å². The third-order valence-electron chi connectivity index (χ3n) is 4.22. The number of anilines is 2. The summed E-state index contributed by atoms with van der Waals surface area (Å²) in [4.78, 5) is 2.35. The minimum absolute atomic E-state index is 0.698. The molecule has 2 aromatic rings. The van der Waals surface area contributed by atoms with E-state index in [0.29, 0.717) is 6.54 Å². The second kappa shape index (κ2) is 7.93. The molecular formula is C19H24N2O3. The van der Waals surface area contributed by atoms with Gasteiger partial charge < -0.3 is 24.4 Å². The van der Waals surface area contributed by atoms with Crippen molar-refractivity contribution in [2.45, 2.75) is 6.54 Å². The van der Waals surface area contributed by atoms with Gasteiger partial charge in [0.05, 0.1) is 27.4 Å². The molecule has 0 amide bonds. The van der Waals surface area contributed by atoms with Gasteiger partial charge in [-0.3, -0.25) is 0 Å². The third-order valence-corrected chi connectivity index (χ3v) is 4.22. The molecule has 0 unspecified atom stereocenters. The van der Waals surface area contributed by atoms with Crippen LogP contribution in [0.2, 0.25) is 0 Å². The van der Waals surface area contributed by atoms with E-state index < -0.39 is 0 Å². The van der Waals surface area contributed by atoms with Gasteiger partial charge in [0.25, 0.3) is 0 Å². The first-order valence-corrected chi connectivity index (χ1v) is 8.17. The van der Waals surface area contributed by atoms with Gasteiger partial charge in [-0.05, 0) is 36.4 Å². The molecule has 24 heavy (non-hydrogen) atoms. The van der Waals surface area contributed by atoms with E-state index in [-0.39, 0.29) is 0 Å². The summed E-state index contributed by atoms with van der Waals surface area (Å²) in [7, 11) is 3.33. The highest BCUT2D eigenvalue weighted by atomic mass is 16.5. The first-order valence-electron chi connectivity index (χ1n) is 8.17. The SMILES string of the molecule is COc1ccc(CNc2ccc(N3CCOCC3)cc2)c(OC)c1. The fraction of sp³-hybridized carbons (Fsp3) is 0.368. The van der Waals surface area contributed by atoms with Crippen molar-refractivity contribution in [3.8, 4) is 11.5 Å². The first kappa shape index (κ1) is 16.5. The zero-order chi connectivity index (χ0) is 16.8. The molecule has 5 nitrogen and oxygen atoms in total. The van der Waals surface area contributed by atoms with Crippen molar-refractivity contribution in [1.82, 2.24) is 0 Å². The molecule has 3 rings (SSSR count). The largest absolute Gasteiger partial charge is 0.497 e. The predicted octanol–water partition coefficient (Wildman–Crippen LogP) is 3.15. The van der Waals surface area contributed by atoms with Crippen LogP contribution < -0.4 is 19.7 Å². The summed E-state index contributed by atoms with van der Waals surface area (Å²) in [5.41, 5.74) is 3.42. The van der Waals surface area contributed by atoms with E-state index in [0.717, 1.165) is 49.1 Å². The Labute approximate surface area is 143 Å². The van der Waals surface area contributed by atoms with Crippen LogP contribution in [0.3, 0.4) is 0 Å². The van der Waals surface area contributed by atoms with Gasteiger partial charge in [-0.1, -0.05) is 0 Å². The monoisotopic (exact) mass is 328 g/mol. The average Bonchev–Trinajstić information content (AvgIpc) is 2.67. The number of rotatable bonds is 6. The van der Waals surface area contributed by atoms with Gasteiger partial charge in [-0.2, -0.15) is 0 Å². The van der Waals surface area contributed by atoms with Crippen molar-refractivity contribution in [2.24, 2.45) is 0 Å². The van der Waals surface area contributed by atoms with Crippen molar-refractivity contribution >= 4 is 11.4 Å². The van der Waals surface area contributed by atoms with E-state index in [9.17, 15) is 0 Å². The summed E-state index contributed by atoms with van der Waals surface area (Å²) in [6.45, 7) is 4.21. The van der Waals surface area contributed by atoms with Gasteiger partial charge in [0.2, 0.25) is 0 Å². The van der Waals surface area contributed by atoms with E-state index in [1.165, 1.54) is 5.69 Å². The van der Waals surface area contributed by atoms with Gasteiger partial charge in [0.15, 0.2) is 0 Å². The maximum absolute atomic E-state index is 5.44. The van der Waals surface area contributed by atoms with Crippen LogP contribution in [0, 0.1) is 0 Å². The number of benzene rings is 2. The Kier molecular flexibility index (Phi) is 5.43. The molecule has 1 aliphatic rings. The van der Waals surface area contributed by atoms with Crippen LogP contribution in [0.15, 0.2) is 42.5 Å². The fourth-order valence-electron chi connectivity index (χ4n) is 2.81. The van der Waals surface area contributed by atoms with E-state index in [1.54, 1.807) is 14.2 Å². The highest BCUT2D eigenvalue weighted by molar-refractivity contribution is 5.56. The first-order chi connectivity index (χ1) is 11.8. The summed E-state index contributed by atoms with van der Waals surface area (Å²) in [6, 6.07) is 14.4. The lowest BCUT2D eigenvalue weighted by molar-refractivity contribution is 0.122. The van der Waals surface area contributed by atoms with E-state index in [4.69, 9.17) is 14.2 Å². The number of hydrogen-bond donors (Lipinski definition) is 1. The van der Waals surface area contributed by atoms with Crippen LogP contribution in [0.25, 0.3) is 0 Å². The molecule has 1 fully saturated rings. The van der Waals surface area contributed by atoms with Crippen molar-refractivity contribution in [3.63, 3.8) is 0 Å². The molecule has 5 heteroatoms. The number of morpholine rings is 1. The molecule has 0 atom stereocenters. The van der Waals surface area contributed by atoms with Crippen LogP contribution in [-0.4, -0.2) is 40.5 Å². The number of nitrogens with zero attached hydrogens (tertiary/aromatic N) is 1. The molecule has 2 aromatic carbocycles. The lowest BCUT2D eigenvalue weighted by Gasteiger charge is -2.29. The molecule has 0 bridgehead atoms. The van der Waals surface area contributed by atoms with Gasteiger partial charge >= 0.3 is 0 Å². The van der Waals surface area contributed by atoms with Crippen LogP contribution in [0.4, 0.5) is 11.4 Å². The number of ether oxygens (including phenoxy) is 3. The zero-order valence-electron chi connectivity index (χ0n) is 14.2. The van der Waals surface area contributed by atoms with Crippen molar-refractivity contribution in [2.75, 3.05) is 50.7 Å². The molecule has 0 radical (unpaired) electrons. The van der Waals surface area contributed by atoms with Gasteiger partial charge in [-0.25, -0.2) is 0 Å². The Bertz CT molecular complexity index is 652.